The highest BCUT2D eigenvalue weighted by Gasteiger charge is 2.28. The van der Waals surface area contributed by atoms with Crippen LogP contribution in [0.25, 0.3) is 0 Å². The van der Waals surface area contributed by atoms with Crippen molar-refractivity contribution in [1.29, 1.82) is 0 Å². The van der Waals surface area contributed by atoms with E-state index in [1.807, 2.05) is 18.2 Å². The average molecular weight is 552 g/mol. The van der Waals surface area contributed by atoms with Crippen molar-refractivity contribution in [2.24, 2.45) is 5.73 Å². The number of rotatable bonds is 7. The number of nitrogens with one attached hydrogen (secondary N) is 2. The molecule has 10 heteroatoms. The highest BCUT2D eigenvalue weighted by molar-refractivity contribution is 5.98. The summed E-state index contributed by atoms with van der Waals surface area (Å²) in [5.74, 6) is -0.223. The number of anilines is 1. The molecule has 2 aromatic rings. The van der Waals surface area contributed by atoms with Gasteiger partial charge in [0.25, 0.3) is 11.8 Å². The molecule has 0 unspecified atom stereocenters. The van der Waals surface area contributed by atoms with Crippen LogP contribution in [0.4, 0.5) is 10.1 Å². The molecule has 0 aromatic heterocycles. The third kappa shape index (κ3) is 6.62. The van der Waals surface area contributed by atoms with Crippen molar-refractivity contribution in [3.63, 3.8) is 0 Å². The molecule has 2 heterocycles. The van der Waals surface area contributed by atoms with E-state index in [-0.39, 0.29) is 35.7 Å². The van der Waals surface area contributed by atoms with Gasteiger partial charge >= 0.3 is 0 Å². The molecule has 40 heavy (non-hydrogen) atoms. The smallest absolute Gasteiger partial charge is 0.254 e. The molecule has 4 N–H and O–H groups in total. The van der Waals surface area contributed by atoms with Crippen LogP contribution < -0.4 is 21.1 Å². The predicted molar refractivity (Wildman–Crippen MR) is 150 cm³/mol. The van der Waals surface area contributed by atoms with E-state index >= 15 is 0 Å². The van der Waals surface area contributed by atoms with Crippen LogP contribution in [0, 0.1) is 5.82 Å². The van der Waals surface area contributed by atoms with Crippen LogP contribution >= 0.6 is 0 Å². The number of hydrogen-bond donors (Lipinski definition) is 3. The van der Waals surface area contributed by atoms with E-state index in [1.54, 1.807) is 9.80 Å². The van der Waals surface area contributed by atoms with Crippen molar-refractivity contribution in [2.45, 2.75) is 50.5 Å². The summed E-state index contributed by atoms with van der Waals surface area (Å²) >= 11 is 0. The molecule has 3 aliphatic rings. The summed E-state index contributed by atoms with van der Waals surface area (Å²) in [5, 5.41) is 5.83. The molecule has 214 valence electrons. The largest absolute Gasteiger partial charge is 0.489 e. The lowest BCUT2D eigenvalue weighted by molar-refractivity contribution is -0.114. The Morgan fingerprint density at radius 3 is 2.27 bits per heavy atom. The summed E-state index contributed by atoms with van der Waals surface area (Å²) in [6, 6.07) is 9.57. The Morgan fingerprint density at radius 1 is 0.925 bits per heavy atom. The van der Waals surface area contributed by atoms with Crippen molar-refractivity contribution < 1.29 is 23.5 Å². The second-order valence-corrected chi connectivity index (χ2v) is 10.9. The molecule has 0 bridgehead atoms. The van der Waals surface area contributed by atoms with E-state index in [9.17, 15) is 18.8 Å². The Labute approximate surface area is 234 Å². The predicted octanol–water partition coefficient (Wildman–Crippen LogP) is 3.11. The van der Waals surface area contributed by atoms with Crippen LogP contribution in [0.1, 0.15) is 70.7 Å². The highest BCUT2D eigenvalue weighted by atomic mass is 19.1. The van der Waals surface area contributed by atoms with Crippen molar-refractivity contribution in [2.75, 3.05) is 51.1 Å². The van der Waals surface area contributed by atoms with Gasteiger partial charge in [-0.2, -0.15) is 0 Å². The molecule has 3 amide bonds. The lowest BCUT2D eigenvalue weighted by atomic mass is 9.83. The number of piperazine rings is 1. The van der Waals surface area contributed by atoms with E-state index in [0.717, 1.165) is 55.8 Å². The van der Waals surface area contributed by atoms with Crippen molar-refractivity contribution in [3.8, 4) is 5.75 Å². The van der Waals surface area contributed by atoms with E-state index in [2.05, 4.69) is 10.6 Å². The maximum atomic E-state index is 14.2. The number of ether oxygens (including phenoxy) is 1. The zero-order chi connectivity index (χ0) is 28.1. The van der Waals surface area contributed by atoms with Gasteiger partial charge in [0.1, 0.15) is 17.7 Å². The normalized spacial score (nSPS) is 19.9. The standard InChI is InChI=1S/C30H38FN5O4/c31-23-14-22(15-24(17-23)34-28(37)18-32)30(39)36-12-10-35(11-13-36)29(38)21-6-7-27(40-25-8-9-33-19-25)26(16-21)20-4-2-1-3-5-20/h6-7,14-17,20,25,33H,1-5,8-13,18-19,32H2,(H,34,37)/t25-/m0/s1. The van der Waals surface area contributed by atoms with Crippen LogP contribution in [0.15, 0.2) is 36.4 Å². The number of amides is 3. The van der Waals surface area contributed by atoms with Gasteiger partial charge in [-0.3, -0.25) is 14.4 Å². The fraction of sp³-hybridized carbons (Fsp3) is 0.500. The first kappa shape index (κ1) is 28.0. The molecule has 2 saturated heterocycles. The molecule has 5 rings (SSSR count). The number of hydrogen-bond acceptors (Lipinski definition) is 6. The maximum Gasteiger partial charge on any atom is 0.254 e. The fourth-order valence-corrected chi connectivity index (χ4v) is 5.90. The van der Waals surface area contributed by atoms with Gasteiger partial charge in [-0.15, -0.1) is 0 Å². The van der Waals surface area contributed by atoms with Crippen molar-refractivity contribution in [3.05, 3.63) is 58.9 Å². The number of carbonyl (C=O) groups is 3. The van der Waals surface area contributed by atoms with Crippen LogP contribution in [0.5, 0.6) is 5.75 Å². The second-order valence-electron chi connectivity index (χ2n) is 10.9. The molecule has 9 nitrogen and oxygen atoms in total. The molecular formula is C30H38FN5O4. The van der Waals surface area contributed by atoms with Gasteiger partial charge in [0.05, 0.1) is 6.54 Å². The first-order chi connectivity index (χ1) is 19.4. The van der Waals surface area contributed by atoms with E-state index in [4.69, 9.17) is 10.5 Å². The minimum absolute atomic E-state index is 0.0595. The van der Waals surface area contributed by atoms with Gasteiger partial charge < -0.3 is 30.9 Å². The monoisotopic (exact) mass is 551 g/mol. The summed E-state index contributed by atoms with van der Waals surface area (Å²) < 4.78 is 20.5. The Kier molecular flexibility index (Phi) is 8.96. The molecule has 1 aliphatic carbocycles. The van der Waals surface area contributed by atoms with Gasteiger partial charge in [-0.05, 0) is 73.7 Å². The number of nitrogens with two attached hydrogens (primary N) is 1. The van der Waals surface area contributed by atoms with Crippen LogP contribution in [-0.2, 0) is 4.79 Å². The van der Waals surface area contributed by atoms with Gasteiger partial charge in [0, 0.05) is 49.5 Å². The Hall–Kier alpha value is -3.50. The number of nitrogens with zero attached hydrogens (tertiary/aromatic N) is 2. The minimum Gasteiger partial charge on any atom is -0.489 e. The Balaban J connectivity index is 1.25. The quantitative estimate of drug-likeness (QED) is 0.487. The van der Waals surface area contributed by atoms with Crippen LogP contribution in [0.3, 0.4) is 0 Å². The zero-order valence-corrected chi connectivity index (χ0v) is 22.8. The summed E-state index contributed by atoms with van der Waals surface area (Å²) in [7, 11) is 0. The lowest BCUT2D eigenvalue weighted by Gasteiger charge is -2.35. The molecule has 1 atom stereocenters. The van der Waals surface area contributed by atoms with Crippen molar-refractivity contribution in [1.82, 2.24) is 15.1 Å². The molecule has 2 aliphatic heterocycles. The summed E-state index contributed by atoms with van der Waals surface area (Å²) in [4.78, 5) is 41.6. The lowest BCUT2D eigenvalue weighted by Crippen LogP contribution is -2.50. The van der Waals surface area contributed by atoms with Gasteiger partial charge in [0.15, 0.2) is 0 Å². The van der Waals surface area contributed by atoms with Crippen molar-refractivity contribution >= 4 is 23.4 Å². The molecule has 3 fully saturated rings. The molecule has 2 aromatic carbocycles. The van der Waals surface area contributed by atoms with Gasteiger partial charge in [-0.1, -0.05) is 19.3 Å². The molecule has 1 saturated carbocycles. The number of carbonyl (C=O) groups excluding carboxylic acids is 3. The summed E-state index contributed by atoms with van der Waals surface area (Å²) in [5.41, 5.74) is 7.41. The Morgan fingerprint density at radius 2 is 1.62 bits per heavy atom. The third-order valence-corrected chi connectivity index (χ3v) is 8.08. The fourth-order valence-electron chi connectivity index (χ4n) is 5.90. The van der Waals surface area contributed by atoms with E-state index in [0.29, 0.717) is 37.7 Å². The summed E-state index contributed by atoms with van der Waals surface area (Å²) in [6.45, 7) is 2.97. The number of halogens is 1. The topological polar surface area (TPSA) is 117 Å². The average Bonchev–Trinajstić information content (AvgIpc) is 3.50. The van der Waals surface area contributed by atoms with Crippen LogP contribution in [0.2, 0.25) is 0 Å². The van der Waals surface area contributed by atoms with Gasteiger partial charge in [-0.25, -0.2) is 4.39 Å². The first-order valence-electron chi connectivity index (χ1n) is 14.3. The Bertz CT molecular complexity index is 1230. The molecular weight excluding hydrogens is 513 g/mol. The second kappa shape index (κ2) is 12.8. The SMILES string of the molecule is NCC(=O)Nc1cc(F)cc(C(=O)N2CCN(C(=O)c3ccc(O[C@H]4CCNC4)c(C4CCCCC4)c3)CC2)c1. The highest BCUT2D eigenvalue weighted by Crippen LogP contribution is 2.39. The van der Waals surface area contributed by atoms with E-state index in [1.165, 1.54) is 25.3 Å². The van der Waals surface area contributed by atoms with E-state index < -0.39 is 11.7 Å². The summed E-state index contributed by atoms with van der Waals surface area (Å²) in [6.07, 6.45) is 6.98. The zero-order valence-electron chi connectivity index (χ0n) is 22.8. The maximum absolute atomic E-state index is 14.2. The first-order valence-corrected chi connectivity index (χ1v) is 14.3. The third-order valence-electron chi connectivity index (χ3n) is 8.08. The molecule has 0 spiro atoms. The molecule has 0 radical (unpaired) electrons. The van der Waals surface area contributed by atoms with Gasteiger partial charge in [0.2, 0.25) is 5.91 Å². The number of benzene rings is 2. The minimum atomic E-state index is -0.627. The van der Waals surface area contributed by atoms with Crippen LogP contribution in [-0.4, -0.2) is 79.4 Å².